The molecule has 1 heterocycles. The van der Waals surface area contributed by atoms with Crippen molar-refractivity contribution in [2.75, 3.05) is 23.0 Å². The monoisotopic (exact) mass is 459 g/mol. The molecule has 0 aromatic heterocycles. The third kappa shape index (κ3) is 3.99. The minimum absolute atomic E-state index is 0.201. The first-order valence-electron chi connectivity index (χ1n) is 7.65. The molecule has 0 saturated carbocycles. The minimum Gasteiger partial charge on any atom is -0.425 e. The van der Waals surface area contributed by atoms with Crippen LogP contribution in [-0.4, -0.2) is 32.4 Å². The van der Waals surface area contributed by atoms with Crippen LogP contribution in [0.5, 0.6) is 5.75 Å². The van der Waals surface area contributed by atoms with Crippen LogP contribution in [0.4, 0.5) is 0 Å². The van der Waals surface area contributed by atoms with Crippen molar-refractivity contribution < 1.29 is 9.53 Å². The molecule has 0 aliphatic carbocycles. The van der Waals surface area contributed by atoms with Gasteiger partial charge in [-0.1, -0.05) is 40.8 Å². The van der Waals surface area contributed by atoms with Crippen molar-refractivity contribution >= 4 is 62.0 Å². The van der Waals surface area contributed by atoms with Crippen LogP contribution in [0.15, 0.2) is 41.3 Å². The molecule has 5 heteroatoms. The number of halogens is 1. The van der Waals surface area contributed by atoms with Crippen LogP contribution in [0, 0.1) is 0 Å². The molecular weight excluding hydrogens is 439 g/mol. The number of ether oxygens (including phenoxy) is 1. The van der Waals surface area contributed by atoms with Crippen LogP contribution < -0.4 is 4.74 Å². The highest BCUT2D eigenvalue weighted by atomic mass is 127. The normalized spacial score (nSPS) is 16.5. The molecule has 122 valence electrons. The molecule has 1 aliphatic heterocycles. The van der Waals surface area contributed by atoms with Gasteiger partial charge in [0, 0.05) is 33.2 Å². The van der Waals surface area contributed by atoms with E-state index in [1.807, 2.05) is 37.7 Å². The van der Waals surface area contributed by atoms with Gasteiger partial charge in [0.25, 0.3) is 0 Å². The van der Waals surface area contributed by atoms with E-state index in [4.69, 9.17) is 4.74 Å². The van der Waals surface area contributed by atoms with Gasteiger partial charge in [0.15, 0.2) is 4.90 Å². The van der Waals surface area contributed by atoms with Gasteiger partial charge in [-0.15, -0.1) is 0 Å². The SMILES string of the molecule is CC(C)(I)C(=O)Oc1ccc([S+]2CCSCC2)c2ccccc12. The number of fused-ring (bicyclic) bond motifs is 1. The number of benzene rings is 2. The minimum atomic E-state index is -0.528. The Labute approximate surface area is 158 Å². The molecule has 3 rings (SSSR count). The Morgan fingerprint density at radius 1 is 1.13 bits per heavy atom. The number of esters is 1. The second-order valence-corrected chi connectivity index (χ2v) is 12.1. The summed E-state index contributed by atoms with van der Waals surface area (Å²) in [6.45, 7) is 3.74. The predicted octanol–water partition coefficient (Wildman–Crippen LogP) is 4.68. The van der Waals surface area contributed by atoms with Crippen molar-refractivity contribution in [2.45, 2.75) is 22.2 Å². The van der Waals surface area contributed by atoms with E-state index in [2.05, 4.69) is 46.9 Å². The number of hydrogen-bond acceptors (Lipinski definition) is 3. The van der Waals surface area contributed by atoms with Crippen molar-refractivity contribution in [1.82, 2.24) is 0 Å². The summed E-state index contributed by atoms with van der Waals surface area (Å²) in [6.07, 6.45) is 0. The van der Waals surface area contributed by atoms with E-state index in [0.29, 0.717) is 16.6 Å². The Kier molecular flexibility index (Phi) is 5.48. The maximum absolute atomic E-state index is 12.2. The van der Waals surface area contributed by atoms with Crippen LogP contribution in [0.3, 0.4) is 0 Å². The van der Waals surface area contributed by atoms with Gasteiger partial charge in [-0.2, -0.15) is 11.8 Å². The lowest BCUT2D eigenvalue weighted by Gasteiger charge is -2.18. The van der Waals surface area contributed by atoms with E-state index >= 15 is 0 Å². The van der Waals surface area contributed by atoms with Crippen molar-refractivity contribution in [3.05, 3.63) is 36.4 Å². The molecule has 0 unspecified atom stereocenters. The lowest BCUT2D eigenvalue weighted by Crippen LogP contribution is -2.29. The molecule has 1 fully saturated rings. The molecule has 0 amide bonds. The van der Waals surface area contributed by atoms with E-state index in [9.17, 15) is 4.79 Å². The van der Waals surface area contributed by atoms with Crippen LogP contribution in [0.1, 0.15) is 13.8 Å². The zero-order valence-corrected chi connectivity index (χ0v) is 17.1. The first-order chi connectivity index (χ1) is 11.0. The van der Waals surface area contributed by atoms with Gasteiger partial charge in [-0.25, -0.2) is 0 Å². The first kappa shape index (κ1) is 17.4. The molecule has 2 nitrogen and oxygen atoms in total. The van der Waals surface area contributed by atoms with Gasteiger partial charge < -0.3 is 4.74 Å². The average molecular weight is 459 g/mol. The molecule has 23 heavy (non-hydrogen) atoms. The summed E-state index contributed by atoms with van der Waals surface area (Å²) in [6, 6.07) is 12.5. The summed E-state index contributed by atoms with van der Waals surface area (Å²) in [5, 5.41) is 2.28. The summed E-state index contributed by atoms with van der Waals surface area (Å²) in [5.74, 6) is 5.49. The third-order valence-electron chi connectivity index (χ3n) is 3.79. The highest BCUT2D eigenvalue weighted by Crippen LogP contribution is 2.35. The lowest BCUT2D eigenvalue weighted by molar-refractivity contribution is -0.135. The first-order valence-corrected chi connectivity index (χ1v) is 11.4. The fraction of sp³-hybridized carbons (Fsp3) is 0.389. The quantitative estimate of drug-likeness (QED) is 0.219. The predicted molar refractivity (Wildman–Crippen MR) is 110 cm³/mol. The molecule has 2 aromatic rings. The van der Waals surface area contributed by atoms with E-state index in [1.165, 1.54) is 33.3 Å². The lowest BCUT2D eigenvalue weighted by atomic mass is 10.1. The second kappa shape index (κ2) is 7.23. The summed E-state index contributed by atoms with van der Waals surface area (Å²) in [7, 11) is 0.317. The van der Waals surface area contributed by atoms with Crippen molar-refractivity contribution in [2.24, 2.45) is 0 Å². The van der Waals surface area contributed by atoms with E-state index in [-0.39, 0.29) is 5.97 Å². The Hall–Kier alpha value is -0.400. The summed E-state index contributed by atoms with van der Waals surface area (Å²) in [5.41, 5.74) is 0. The van der Waals surface area contributed by atoms with Crippen LogP contribution in [-0.2, 0) is 15.7 Å². The highest BCUT2D eigenvalue weighted by molar-refractivity contribution is 14.1. The van der Waals surface area contributed by atoms with E-state index < -0.39 is 3.42 Å². The highest BCUT2D eigenvalue weighted by Gasteiger charge is 2.30. The summed E-state index contributed by atoms with van der Waals surface area (Å²) in [4.78, 5) is 13.7. The van der Waals surface area contributed by atoms with Gasteiger partial charge in [-0.05, 0) is 32.0 Å². The number of hydrogen-bond donors (Lipinski definition) is 0. The molecule has 1 aliphatic rings. The van der Waals surface area contributed by atoms with Gasteiger partial charge >= 0.3 is 5.97 Å². The maximum Gasteiger partial charge on any atom is 0.326 e. The maximum atomic E-state index is 12.2. The average Bonchev–Trinajstić information content (AvgIpc) is 2.55. The molecular formula is C18H20IO2S2+. The molecule has 1 saturated heterocycles. The Balaban J connectivity index is 2.00. The number of rotatable bonds is 3. The topological polar surface area (TPSA) is 26.3 Å². The van der Waals surface area contributed by atoms with Crippen LogP contribution in [0.2, 0.25) is 0 Å². The standard InChI is InChI=1S/C18H20IO2S2/c1-18(2,19)17(20)21-15-7-8-16(23-11-9-22-10-12-23)14-6-4-3-5-13(14)15/h3-8H,9-12H2,1-2H3/q+1. The Bertz CT molecular complexity index is 719. The van der Waals surface area contributed by atoms with Crippen molar-refractivity contribution in [3.8, 4) is 5.75 Å². The molecule has 0 atom stereocenters. The molecule has 0 bridgehead atoms. The fourth-order valence-corrected chi connectivity index (χ4v) is 6.81. The third-order valence-corrected chi connectivity index (χ3v) is 8.11. The molecule has 0 spiro atoms. The Morgan fingerprint density at radius 2 is 1.78 bits per heavy atom. The van der Waals surface area contributed by atoms with E-state index in [0.717, 1.165) is 5.39 Å². The smallest absolute Gasteiger partial charge is 0.326 e. The van der Waals surface area contributed by atoms with Gasteiger partial charge in [0.05, 0.1) is 0 Å². The van der Waals surface area contributed by atoms with Crippen molar-refractivity contribution in [3.63, 3.8) is 0 Å². The molecule has 2 aromatic carbocycles. The van der Waals surface area contributed by atoms with E-state index in [1.54, 1.807) is 0 Å². The molecule has 0 radical (unpaired) electrons. The number of carbonyl (C=O) groups is 1. The van der Waals surface area contributed by atoms with Crippen LogP contribution in [0.25, 0.3) is 10.8 Å². The van der Waals surface area contributed by atoms with Gasteiger partial charge in [-0.3, -0.25) is 4.79 Å². The zero-order valence-electron chi connectivity index (χ0n) is 13.3. The summed E-state index contributed by atoms with van der Waals surface area (Å²) < 4.78 is 5.16. The summed E-state index contributed by atoms with van der Waals surface area (Å²) >= 11 is 4.17. The number of carbonyl (C=O) groups excluding carboxylic acids is 1. The number of thioether (sulfide) groups is 1. The van der Waals surface area contributed by atoms with Gasteiger partial charge in [0.1, 0.15) is 20.7 Å². The largest absolute Gasteiger partial charge is 0.425 e. The fourth-order valence-electron chi connectivity index (χ4n) is 2.55. The van der Waals surface area contributed by atoms with Gasteiger partial charge in [0.2, 0.25) is 0 Å². The Morgan fingerprint density at radius 3 is 2.43 bits per heavy atom. The zero-order chi connectivity index (χ0) is 16.4. The molecule has 0 N–H and O–H groups in total. The number of alkyl halides is 1. The second-order valence-electron chi connectivity index (χ2n) is 5.98. The van der Waals surface area contributed by atoms with Crippen molar-refractivity contribution in [1.29, 1.82) is 0 Å². The van der Waals surface area contributed by atoms with Crippen LogP contribution >= 0.6 is 34.4 Å².